The molecule has 0 aromatic heterocycles. The summed E-state index contributed by atoms with van der Waals surface area (Å²) in [6, 6.07) is 5.12. The summed E-state index contributed by atoms with van der Waals surface area (Å²) in [6.07, 6.45) is 0.855. The molecule has 1 N–H and O–H groups in total. The van der Waals surface area contributed by atoms with Crippen molar-refractivity contribution in [2.75, 3.05) is 14.1 Å². The monoisotopic (exact) mass is 193 g/mol. The van der Waals surface area contributed by atoms with Gasteiger partial charge in [-0.1, -0.05) is 13.0 Å². The molecule has 1 rings (SSSR count). The van der Waals surface area contributed by atoms with Gasteiger partial charge in [-0.25, -0.2) is 0 Å². The smallest absolute Gasteiger partial charge is 0.257 e. The SMILES string of the molecule is CCc1ccc(O)c(C(=O)N(C)C)c1. The van der Waals surface area contributed by atoms with Gasteiger partial charge in [-0.2, -0.15) is 0 Å². The van der Waals surface area contributed by atoms with Gasteiger partial charge in [0.25, 0.3) is 5.91 Å². The van der Waals surface area contributed by atoms with Crippen LogP contribution >= 0.6 is 0 Å². The van der Waals surface area contributed by atoms with Crippen LogP contribution in [0.15, 0.2) is 18.2 Å². The van der Waals surface area contributed by atoms with E-state index in [2.05, 4.69) is 0 Å². The molecule has 0 atom stereocenters. The number of benzene rings is 1. The number of aryl methyl sites for hydroxylation is 1. The van der Waals surface area contributed by atoms with Gasteiger partial charge in [0.1, 0.15) is 5.75 Å². The summed E-state index contributed by atoms with van der Waals surface area (Å²) in [7, 11) is 3.33. The maximum atomic E-state index is 11.6. The highest BCUT2D eigenvalue weighted by molar-refractivity contribution is 5.96. The van der Waals surface area contributed by atoms with Gasteiger partial charge in [-0.05, 0) is 24.1 Å². The number of hydrogen-bond acceptors (Lipinski definition) is 2. The van der Waals surface area contributed by atoms with Crippen LogP contribution in [0, 0.1) is 0 Å². The largest absolute Gasteiger partial charge is 0.507 e. The molecule has 1 amide bonds. The fourth-order valence-electron chi connectivity index (χ4n) is 1.22. The molecule has 0 fully saturated rings. The molecular formula is C11H15NO2. The number of hydrogen-bond donors (Lipinski definition) is 1. The molecule has 1 aromatic rings. The Labute approximate surface area is 84.0 Å². The highest BCUT2D eigenvalue weighted by atomic mass is 16.3. The molecule has 0 aliphatic carbocycles. The third kappa shape index (κ3) is 2.05. The third-order valence-corrected chi connectivity index (χ3v) is 2.11. The molecule has 3 nitrogen and oxygen atoms in total. The van der Waals surface area contributed by atoms with Crippen molar-refractivity contribution >= 4 is 5.91 Å². The van der Waals surface area contributed by atoms with Crippen molar-refractivity contribution in [3.05, 3.63) is 29.3 Å². The van der Waals surface area contributed by atoms with Gasteiger partial charge in [0.2, 0.25) is 0 Å². The Morgan fingerprint density at radius 1 is 1.43 bits per heavy atom. The lowest BCUT2D eigenvalue weighted by atomic mass is 10.1. The van der Waals surface area contributed by atoms with Gasteiger partial charge in [0, 0.05) is 14.1 Å². The van der Waals surface area contributed by atoms with Crippen LogP contribution in [0.5, 0.6) is 5.75 Å². The molecule has 14 heavy (non-hydrogen) atoms. The Kier molecular flexibility index (Phi) is 3.12. The van der Waals surface area contributed by atoms with E-state index in [1.165, 1.54) is 4.90 Å². The maximum absolute atomic E-state index is 11.6. The Morgan fingerprint density at radius 2 is 2.07 bits per heavy atom. The Morgan fingerprint density at radius 3 is 2.57 bits per heavy atom. The maximum Gasteiger partial charge on any atom is 0.257 e. The van der Waals surface area contributed by atoms with E-state index in [9.17, 15) is 9.90 Å². The molecule has 0 bridgehead atoms. The molecule has 0 aliphatic rings. The van der Waals surface area contributed by atoms with Crippen molar-refractivity contribution in [3.63, 3.8) is 0 Å². The predicted molar refractivity (Wildman–Crippen MR) is 55.5 cm³/mol. The van der Waals surface area contributed by atoms with Crippen molar-refractivity contribution in [2.24, 2.45) is 0 Å². The van der Waals surface area contributed by atoms with Gasteiger partial charge < -0.3 is 10.0 Å². The number of phenols is 1. The number of amides is 1. The summed E-state index contributed by atoms with van der Waals surface area (Å²) in [5.74, 6) is -0.126. The van der Waals surface area contributed by atoms with Crippen molar-refractivity contribution in [1.82, 2.24) is 4.90 Å². The summed E-state index contributed by atoms with van der Waals surface area (Å²) in [6.45, 7) is 2.01. The van der Waals surface area contributed by atoms with E-state index in [0.29, 0.717) is 5.56 Å². The van der Waals surface area contributed by atoms with E-state index in [4.69, 9.17) is 0 Å². The first-order valence-electron chi connectivity index (χ1n) is 4.59. The highest BCUT2D eigenvalue weighted by Crippen LogP contribution is 2.19. The first-order valence-corrected chi connectivity index (χ1v) is 4.59. The number of aromatic hydroxyl groups is 1. The highest BCUT2D eigenvalue weighted by Gasteiger charge is 2.12. The second-order valence-corrected chi connectivity index (χ2v) is 3.40. The van der Waals surface area contributed by atoms with Gasteiger partial charge in [0.15, 0.2) is 0 Å². The Hall–Kier alpha value is -1.51. The average molecular weight is 193 g/mol. The third-order valence-electron chi connectivity index (χ3n) is 2.11. The first kappa shape index (κ1) is 10.6. The Balaban J connectivity index is 3.12. The standard InChI is InChI=1S/C11H15NO2/c1-4-8-5-6-10(13)9(7-8)11(14)12(2)3/h5-7,13H,4H2,1-3H3. The van der Waals surface area contributed by atoms with Crippen LogP contribution < -0.4 is 0 Å². The van der Waals surface area contributed by atoms with Crippen molar-refractivity contribution < 1.29 is 9.90 Å². The molecule has 0 radical (unpaired) electrons. The molecule has 0 saturated carbocycles. The lowest BCUT2D eigenvalue weighted by Crippen LogP contribution is -2.21. The molecule has 0 heterocycles. The molecular weight excluding hydrogens is 178 g/mol. The van der Waals surface area contributed by atoms with Gasteiger partial charge in [0.05, 0.1) is 5.56 Å². The van der Waals surface area contributed by atoms with Crippen LogP contribution in [0.4, 0.5) is 0 Å². The molecule has 3 heteroatoms. The zero-order chi connectivity index (χ0) is 10.7. The van der Waals surface area contributed by atoms with Crippen LogP contribution in [0.2, 0.25) is 0 Å². The van der Waals surface area contributed by atoms with Crippen LogP contribution in [0.25, 0.3) is 0 Å². The zero-order valence-corrected chi connectivity index (χ0v) is 8.74. The van der Waals surface area contributed by atoms with Crippen molar-refractivity contribution in [2.45, 2.75) is 13.3 Å². The molecule has 0 saturated heterocycles. The number of carbonyl (C=O) groups excluding carboxylic acids is 1. The number of nitrogens with zero attached hydrogens (tertiary/aromatic N) is 1. The van der Waals surface area contributed by atoms with E-state index in [1.54, 1.807) is 26.2 Å². The Bertz CT molecular complexity index is 345. The lowest BCUT2D eigenvalue weighted by molar-refractivity contribution is 0.0824. The second kappa shape index (κ2) is 4.13. The second-order valence-electron chi connectivity index (χ2n) is 3.40. The average Bonchev–Trinajstić information content (AvgIpc) is 2.17. The van der Waals surface area contributed by atoms with Crippen LogP contribution in [-0.2, 0) is 6.42 Å². The fraction of sp³-hybridized carbons (Fsp3) is 0.364. The molecule has 1 aromatic carbocycles. The van der Waals surface area contributed by atoms with Gasteiger partial charge in [-0.15, -0.1) is 0 Å². The number of rotatable bonds is 2. The minimum atomic E-state index is -0.169. The van der Waals surface area contributed by atoms with E-state index < -0.39 is 0 Å². The summed E-state index contributed by atoms with van der Waals surface area (Å²) in [4.78, 5) is 13.1. The summed E-state index contributed by atoms with van der Waals surface area (Å²) in [5.41, 5.74) is 1.42. The number of phenolic OH excluding ortho intramolecular Hbond substituents is 1. The number of carbonyl (C=O) groups is 1. The summed E-state index contributed by atoms with van der Waals surface area (Å²) in [5, 5.41) is 9.50. The van der Waals surface area contributed by atoms with Gasteiger partial charge in [-0.3, -0.25) is 4.79 Å². The van der Waals surface area contributed by atoms with E-state index in [-0.39, 0.29) is 11.7 Å². The topological polar surface area (TPSA) is 40.5 Å². The lowest BCUT2D eigenvalue weighted by Gasteiger charge is -2.12. The van der Waals surface area contributed by atoms with Crippen LogP contribution in [-0.4, -0.2) is 30.0 Å². The minimum absolute atomic E-state index is 0.0425. The molecule has 76 valence electrons. The van der Waals surface area contributed by atoms with Crippen molar-refractivity contribution in [3.8, 4) is 5.75 Å². The molecule has 0 aliphatic heterocycles. The minimum Gasteiger partial charge on any atom is -0.507 e. The summed E-state index contributed by atoms with van der Waals surface area (Å²) >= 11 is 0. The quantitative estimate of drug-likeness (QED) is 0.776. The summed E-state index contributed by atoms with van der Waals surface area (Å²) < 4.78 is 0. The van der Waals surface area contributed by atoms with E-state index >= 15 is 0 Å². The van der Waals surface area contributed by atoms with Gasteiger partial charge >= 0.3 is 0 Å². The van der Waals surface area contributed by atoms with E-state index in [0.717, 1.165) is 12.0 Å². The normalized spacial score (nSPS) is 9.93. The zero-order valence-electron chi connectivity index (χ0n) is 8.74. The van der Waals surface area contributed by atoms with Crippen molar-refractivity contribution in [1.29, 1.82) is 0 Å². The fourth-order valence-corrected chi connectivity index (χ4v) is 1.22. The first-order chi connectivity index (χ1) is 6.56. The predicted octanol–water partition coefficient (Wildman–Crippen LogP) is 1.66. The van der Waals surface area contributed by atoms with Crippen LogP contribution in [0.1, 0.15) is 22.8 Å². The molecule has 0 spiro atoms. The van der Waals surface area contributed by atoms with E-state index in [1.807, 2.05) is 13.0 Å². The van der Waals surface area contributed by atoms with Crippen LogP contribution in [0.3, 0.4) is 0 Å². The molecule has 0 unspecified atom stereocenters.